The van der Waals surface area contributed by atoms with Crippen LogP contribution >= 0.6 is 11.6 Å². The third-order valence-electron chi connectivity index (χ3n) is 2.87. The van der Waals surface area contributed by atoms with E-state index in [9.17, 15) is 4.79 Å². The number of rotatable bonds is 2. The number of aromatic nitrogens is 2. The number of hydrogen-bond acceptors (Lipinski definition) is 3. The number of aryl methyl sites for hydroxylation is 1. The minimum atomic E-state index is -0.123. The molecule has 3 rings (SSSR count). The Kier molecular flexibility index (Phi) is 2.45. The number of halogens is 1. The average molecular weight is 261 g/mol. The molecule has 0 atom stereocenters. The van der Waals surface area contributed by atoms with Crippen LogP contribution in [-0.4, -0.2) is 15.8 Å². The summed E-state index contributed by atoms with van der Waals surface area (Å²) in [6.07, 6.45) is 4.72. The van der Waals surface area contributed by atoms with Gasteiger partial charge in [0.05, 0.1) is 22.4 Å². The summed E-state index contributed by atoms with van der Waals surface area (Å²) < 4.78 is 5.15. The second-order valence-corrected chi connectivity index (χ2v) is 4.35. The number of ketones is 1. The first-order chi connectivity index (χ1) is 8.68. The maximum absolute atomic E-state index is 12.4. The third kappa shape index (κ3) is 1.54. The van der Waals surface area contributed by atoms with E-state index in [4.69, 9.17) is 16.0 Å². The molecule has 0 aliphatic rings. The van der Waals surface area contributed by atoms with Crippen LogP contribution in [0.2, 0.25) is 5.02 Å². The molecule has 3 aromatic heterocycles. The maximum atomic E-state index is 12.4. The lowest BCUT2D eigenvalue weighted by Gasteiger charge is -1.99. The van der Waals surface area contributed by atoms with Crippen molar-refractivity contribution in [3.63, 3.8) is 0 Å². The van der Waals surface area contributed by atoms with E-state index in [1.165, 1.54) is 6.26 Å². The normalized spacial score (nSPS) is 11.0. The van der Waals surface area contributed by atoms with E-state index in [-0.39, 0.29) is 5.78 Å². The first kappa shape index (κ1) is 11.0. The number of H-pyrrole nitrogens is 1. The Hall–Kier alpha value is -2.07. The highest BCUT2D eigenvalue weighted by Gasteiger charge is 2.19. The van der Waals surface area contributed by atoms with Gasteiger partial charge in [-0.25, -0.2) is 4.98 Å². The number of furan rings is 1. The Balaban J connectivity index is 2.22. The molecule has 3 aromatic rings. The monoisotopic (exact) mass is 260 g/mol. The molecule has 0 aliphatic heterocycles. The molecule has 0 saturated carbocycles. The molecular weight excluding hydrogens is 252 g/mol. The Morgan fingerprint density at radius 2 is 2.22 bits per heavy atom. The van der Waals surface area contributed by atoms with Gasteiger partial charge >= 0.3 is 0 Å². The summed E-state index contributed by atoms with van der Waals surface area (Å²) in [7, 11) is 0. The first-order valence-electron chi connectivity index (χ1n) is 5.39. The number of nitrogens with one attached hydrogen (secondary N) is 1. The van der Waals surface area contributed by atoms with E-state index < -0.39 is 0 Å². The average Bonchev–Trinajstić information content (AvgIpc) is 2.95. The molecule has 0 saturated heterocycles. The zero-order valence-electron chi connectivity index (χ0n) is 9.53. The summed E-state index contributed by atoms with van der Waals surface area (Å²) >= 11 is 6.11. The van der Waals surface area contributed by atoms with Gasteiger partial charge in [-0.15, -0.1) is 0 Å². The van der Waals surface area contributed by atoms with Crippen LogP contribution in [0.5, 0.6) is 0 Å². The van der Waals surface area contributed by atoms with Crippen molar-refractivity contribution in [2.24, 2.45) is 0 Å². The number of hydrogen-bond donors (Lipinski definition) is 1. The number of aromatic amines is 1. The topological polar surface area (TPSA) is 58.9 Å². The molecule has 0 spiro atoms. The lowest BCUT2D eigenvalue weighted by atomic mass is 10.0. The third-order valence-corrected chi connectivity index (χ3v) is 3.19. The predicted octanol–water partition coefficient (Wildman–Crippen LogP) is 3.35. The van der Waals surface area contributed by atoms with E-state index in [1.807, 2.05) is 0 Å². The van der Waals surface area contributed by atoms with Crippen LogP contribution in [0, 0.1) is 6.92 Å². The molecule has 90 valence electrons. The Bertz CT molecular complexity index is 742. The van der Waals surface area contributed by atoms with E-state index in [2.05, 4.69) is 9.97 Å². The minimum Gasteiger partial charge on any atom is -0.469 e. The van der Waals surface area contributed by atoms with Gasteiger partial charge in [0.25, 0.3) is 0 Å². The first-order valence-corrected chi connectivity index (χ1v) is 5.76. The van der Waals surface area contributed by atoms with Crippen molar-refractivity contribution in [2.45, 2.75) is 6.92 Å². The van der Waals surface area contributed by atoms with Crippen LogP contribution in [0.3, 0.4) is 0 Å². The lowest BCUT2D eigenvalue weighted by molar-refractivity contribution is 0.103. The van der Waals surface area contributed by atoms with E-state index in [0.29, 0.717) is 32.9 Å². The quantitative estimate of drug-likeness (QED) is 0.719. The predicted molar refractivity (Wildman–Crippen MR) is 68.0 cm³/mol. The van der Waals surface area contributed by atoms with Gasteiger partial charge in [0.15, 0.2) is 5.78 Å². The molecular formula is C13H9ClN2O2. The van der Waals surface area contributed by atoms with Gasteiger partial charge in [0.1, 0.15) is 11.4 Å². The fourth-order valence-electron chi connectivity index (χ4n) is 1.96. The highest BCUT2D eigenvalue weighted by atomic mass is 35.5. The smallest absolute Gasteiger partial charge is 0.198 e. The van der Waals surface area contributed by atoms with Crippen LogP contribution < -0.4 is 0 Å². The highest BCUT2D eigenvalue weighted by molar-refractivity contribution is 6.37. The molecule has 18 heavy (non-hydrogen) atoms. The van der Waals surface area contributed by atoms with Crippen LogP contribution in [0.1, 0.15) is 21.7 Å². The molecule has 0 fully saturated rings. The molecule has 4 nitrogen and oxygen atoms in total. The minimum absolute atomic E-state index is 0.123. The van der Waals surface area contributed by atoms with Gasteiger partial charge in [-0.05, 0) is 19.1 Å². The fraction of sp³-hybridized carbons (Fsp3) is 0.0769. The maximum Gasteiger partial charge on any atom is 0.198 e. The van der Waals surface area contributed by atoms with Crippen molar-refractivity contribution in [1.29, 1.82) is 0 Å². The SMILES string of the molecule is Cc1occc1C(=O)c1c[nH]c2nccc(Cl)c12. The standard InChI is InChI=1S/C13H9ClN2O2/c1-7-8(3-5-18-7)12(17)9-6-16-13-11(9)10(14)2-4-15-13/h2-6H,1H3,(H,15,16). The van der Waals surface area contributed by atoms with Gasteiger partial charge in [-0.3, -0.25) is 4.79 Å². The Morgan fingerprint density at radius 3 is 2.94 bits per heavy atom. The van der Waals surface area contributed by atoms with Crippen molar-refractivity contribution in [2.75, 3.05) is 0 Å². The number of nitrogens with zero attached hydrogens (tertiary/aromatic N) is 1. The molecule has 1 N–H and O–H groups in total. The largest absolute Gasteiger partial charge is 0.469 e. The second kappa shape index (κ2) is 3.99. The van der Waals surface area contributed by atoms with Gasteiger partial charge in [0, 0.05) is 17.8 Å². The molecule has 0 radical (unpaired) electrons. The molecule has 0 bridgehead atoms. The second-order valence-electron chi connectivity index (χ2n) is 3.94. The van der Waals surface area contributed by atoms with Crippen LogP contribution in [0.15, 0.2) is 35.2 Å². The summed E-state index contributed by atoms with van der Waals surface area (Å²) in [5.41, 5.74) is 1.65. The molecule has 0 unspecified atom stereocenters. The number of carbonyl (C=O) groups excluding carboxylic acids is 1. The van der Waals surface area contributed by atoms with Crippen molar-refractivity contribution in [1.82, 2.24) is 9.97 Å². The van der Waals surface area contributed by atoms with Crippen LogP contribution in [0.25, 0.3) is 11.0 Å². The zero-order chi connectivity index (χ0) is 12.7. The van der Waals surface area contributed by atoms with Gasteiger partial charge < -0.3 is 9.40 Å². The van der Waals surface area contributed by atoms with Crippen molar-refractivity contribution >= 4 is 28.4 Å². The van der Waals surface area contributed by atoms with E-state index in [0.717, 1.165) is 0 Å². The van der Waals surface area contributed by atoms with E-state index in [1.54, 1.807) is 31.5 Å². The summed E-state index contributed by atoms with van der Waals surface area (Å²) in [6, 6.07) is 3.32. The van der Waals surface area contributed by atoms with Crippen LogP contribution in [-0.2, 0) is 0 Å². The Morgan fingerprint density at radius 1 is 1.39 bits per heavy atom. The zero-order valence-corrected chi connectivity index (χ0v) is 10.3. The fourth-order valence-corrected chi connectivity index (χ4v) is 2.21. The van der Waals surface area contributed by atoms with Crippen molar-refractivity contribution in [3.8, 4) is 0 Å². The van der Waals surface area contributed by atoms with Crippen molar-refractivity contribution < 1.29 is 9.21 Å². The summed E-state index contributed by atoms with van der Waals surface area (Å²) in [5.74, 6) is 0.469. The number of pyridine rings is 1. The number of carbonyl (C=O) groups is 1. The molecule has 3 heterocycles. The number of fused-ring (bicyclic) bond motifs is 1. The molecule has 5 heteroatoms. The van der Waals surface area contributed by atoms with E-state index >= 15 is 0 Å². The Labute approximate surface area is 108 Å². The summed E-state index contributed by atoms with van der Waals surface area (Å²) in [4.78, 5) is 19.5. The molecule has 0 amide bonds. The van der Waals surface area contributed by atoms with Crippen molar-refractivity contribution in [3.05, 3.63) is 52.7 Å². The molecule has 0 aromatic carbocycles. The summed E-state index contributed by atoms with van der Waals surface area (Å²) in [5, 5.41) is 1.15. The van der Waals surface area contributed by atoms with Crippen LogP contribution in [0.4, 0.5) is 0 Å². The van der Waals surface area contributed by atoms with Gasteiger partial charge in [-0.1, -0.05) is 11.6 Å². The highest BCUT2D eigenvalue weighted by Crippen LogP contribution is 2.27. The lowest BCUT2D eigenvalue weighted by Crippen LogP contribution is -2.00. The molecule has 0 aliphatic carbocycles. The van der Waals surface area contributed by atoms with Gasteiger partial charge in [-0.2, -0.15) is 0 Å². The summed E-state index contributed by atoms with van der Waals surface area (Å²) in [6.45, 7) is 1.75. The van der Waals surface area contributed by atoms with Gasteiger partial charge in [0.2, 0.25) is 0 Å².